The molecule has 0 unspecified atom stereocenters. The highest BCUT2D eigenvalue weighted by Crippen LogP contribution is 2.10. The van der Waals surface area contributed by atoms with Gasteiger partial charge in [-0.1, -0.05) is 24.3 Å². The minimum absolute atomic E-state index is 0.0436. The van der Waals surface area contributed by atoms with Gasteiger partial charge in [0, 0.05) is 11.3 Å². The number of aromatic nitrogens is 3. The number of hydrogen-bond donors (Lipinski definition) is 2. The van der Waals surface area contributed by atoms with Crippen LogP contribution in [0.3, 0.4) is 0 Å². The predicted octanol–water partition coefficient (Wildman–Crippen LogP) is 2.51. The van der Waals surface area contributed by atoms with E-state index in [-0.39, 0.29) is 24.7 Å². The van der Waals surface area contributed by atoms with E-state index in [1.807, 2.05) is 0 Å². The Kier molecular flexibility index (Phi) is 4.18. The van der Waals surface area contributed by atoms with Gasteiger partial charge in [0.2, 0.25) is 0 Å². The SMILES string of the molecule is O=c1[nH]c(CNc2cccc(F)c2)nn1Cc1ccccc1F. The molecule has 0 amide bonds. The quantitative estimate of drug-likeness (QED) is 0.760. The van der Waals surface area contributed by atoms with Crippen LogP contribution in [0.2, 0.25) is 0 Å². The molecule has 0 radical (unpaired) electrons. The third kappa shape index (κ3) is 3.63. The van der Waals surface area contributed by atoms with Crippen LogP contribution in [0.15, 0.2) is 53.3 Å². The number of anilines is 1. The van der Waals surface area contributed by atoms with Crippen LogP contribution < -0.4 is 11.0 Å². The van der Waals surface area contributed by atoms with Gasteiger partial charge in [0.25, 0.3) is 0 Å². The van der Waals surface area contributed by atoms with Gasteiger partial charge < -0.3 is 5.32 Å². The van der Waals surface area contributed by atoms with Gasteiger partial charge in [-0.2, -0.15) is 5.10 Å². The Morgan fingerprint density at radius 3 is 2.74 bits per heavy atom. The average Bonchev–Trinajstić information content (AvgIpc) is 2.88. The molecule has 5 nitrogen and oxygen atoms in total. The molecule has 1 heterocycles. The lowest BCUT2D eigenvalue weighted by Gasteiger charge is -2.04. The second-order valence-electron chi connectivity index (χ2n) is 4.99. The zero-order valence-corrected chi connectivity index (χ0v) is 12.1. The number of nitrogens with one attached hydrogen (secondary N) is 2. The maximum atomic E-state index is 13.6. The molecule has 3 rings (SSSR count). The van der Waals surface area contributed by atoms with E-state index in [1.54, 1.807) is 30.3 Å². The number of rotatable bonds is 5. The lowest BCUT2D eigenvalue weighted by Crippen LogP contribution is -2.19. The largest absolute Gasteiger partial charge is 0.378 e. The fraction of sp³-hybridized carbons (Fsp3) is 0.125. The molecule has 3 aromatic rings. The molecule has 0 bridgehead atoms. The summed E-state index contributed by atoms with van der Waals surface area (Å²) in [5, 5.41) is 7.07. The topological polar surface area (TPSA) is 62.7 Å². The van der Waals surface area contributed by atoms with Crippen molar-refractivity contribution >= 4 is 5.69 Å². The highest BCUT2D eigenvalue weighted by Gasteiger charge is 2.08. The lowest BCUT2D eigenvalue weighted by molar-refractivity contribution is 0.576. The third-order valence-corrected chi connectivity index (χ3v) is 3.29. The van der Waals surface area contributed by atoms with Crippen molar-refractivity contribution in [2.24, 2.45) is 0 Å². The summed E-state index contributed by atoms with van der Waals surface area (Å²) in [6, 6.07) is 12.2. The summed E-state index contributed by atoms with van der Waals surface area (Å²) in [6.07, 6.45) is 0. The molecule has 0 saturated heterocycles. The van der Waals surface area contributed by atoms with E-state index < -0.39 is 5.69 Å². The first-order chi connectivity index (χ1) is 11.1. The van der Waals surface area contributed by atoms with Gasteiger partial charge in [-0.05, 0) is 24.3 Å². The van der Waals surface area contributed by atoms with Crippen LogP contribution in [0.1, 0.15) is 11.4 Å². The van der Waals surface area contributed by atoms with Crippen LogP contribution in [-0.4, -0.2) is 14.8 Å². The second kappa shape index (κ2) is 6.43. The van der Waals surface area contributed by atoms with Crippen LogP contribution in [0, 0.1) is 11.6 Å². The Bertz CT molecular complexity index is 872. The van der Waals surface area contributed by atoms with Crippen molar-refractivity contribution in [2.45, 2.75) is 13.1 Å². The van der Waals surface area contributed by atoms with Crippen LogP contribution in [-0.2, 0) is 13.1 Å². The van der Waals surface area contributed by atoms with Crippen molar-refractivity contribution in [3.63, 3.8) is 0 Å². The summed E-state index contributed by atoms with van der Waals surface area (Å²) in [4.78, 5) is 14.4. The van der Waals surface area contributed by atoms with Crippen molar-refractivity contribution in [3.8, 4) is 0 Å². The van der Waals surface area contributed by atoms with E-state index >= 15 is 0 Å². The fourth-order valence-electron chi connectivity index (χ4n) is 2.16. The Labute approximate surface area is 130 Å². The summed E-state index contributed by atoms with van der Waals surface area (Å²) in [5.74, 6) is -0.356. The maximum absolute atomic E-state index is 13.6. The number of halogens is 2. The molecule has 0 spiro atoms. The molecule has 23 heavy (non-hydrogen) atoms. The zero-order chi connectivity index (χ0) is 16.2. The van der Waals surface area contributed by atoms with Gasteiger partial charge in [0.1, 0.15) is 17.5 Å². The van der Waals surface area contributed by atoms with Gasteiger partial charge in [-0.15, -0.1) is 0 Å². The molecular weight excluding hydrogens is 302 g/mol. The standard InChI is InChI=1S/C16H14F2N4O/c17-12-5-3-6-13(8-12)19-9-15-20-16(23)22(21-15)10-11-4-1-2-7-14(11)18/h1-8,19H,9-10H2,(H,20,21,23). The summed E-state index contributed by atoms with van der Waals surface area (Å²) in [6.45, 7) is 0.269. The highest BCUT2D eigenvalue weighted by molar-refractivity contribution is 5.42. The van der Waals surface area contributed by atoms with Gasteiger partial charge in [-0.25, -0.2) is 18.3 Å². The predicted molar refractivity (Wildman–Crippen MR) is 82.1 cm³/mol. The number of H-pyrrole nitrogens is 1. The maximum Gasteiger partial charge on any atom is 0.343 e. The highest BCUT2D eigenvalue weighted by atomic mass is 19.1. The van der Waals surface area contributed by atoms with Gasteiger partial charge in [0.15, 0.2) is 0 Å². The first kappa shape index (κ1) is 15.0. The minimum atomic E-state index is -0.427. The number of nitrogens with zero attached hydrogens (tertiary/aromatic N) is 2. The lowest BCUT2D eigenvalue weighted by atomic mass is 10.2. The molecule has 118 valence electrons. The number of benzene rings is 2. The summed E-state index contributed by atoms with van der Waals surface area (Å²) < 4.78 is 27.9. The Morgan fingerprint density at radius 2 is 1.96 bits per heavy atom. The van der Waals surface area contributed by atoms with E-state index in [4.69, 9.17) is 0 Å². The molecule has 0 aliphatic heterocycles. The molecule has 0 saturated carbocycles. The summed E-state index contributed by atoms with van der Waals surface area (Å²) in [5.41, 5.74) is 0.532. The monoisotopic (exact) mass is 316 g/mol. The van der Waals surface area contributed by atoms with Gasteiger partial charge >= 0.3 is 5.69 Å². The molecule has 0 atom stereocenters. The second-order valence-corrected chi connectivity index (χ2v) is 4.99. The van der Waals surface area contributed by atoms with E-state index in [0.29, 0.717) is 17.1 Å². The first-order valence-electron chi connectivity index (χ1n) is 7.00. The van der Waals surface area contributed by atoms with Crippen LogP contribution >= 0.6 is 0 Å². The number of hydrogen-bond acceptors (Lipinski definition) is 3. The normalized spacial score (nSPS) is 10.7. The summed E-state index contributed by atoms with van der Waals surface area (Å²) >= 11 is 0. The van der Waals surface area contributed by atoms with Crippen LogP contribution in [0.25, 0.3) is 0 Å². The van der Waals surface area contributed by atoms with Crippen LogP contribution in [0.5, 0.6) is 0 Å². The van der Waals surface area contributed by atoms with Gasteiger partial charge in [-0.3, -0.25) is 4.98 Å². The fourth-order valence-corrected chi connectivity index (χ4v) is 2.16. The first-order valence-corrected chi connectivity index (χ1v) is 7.00. The molecule has 0 aliphatic carbocycles. The zero-order valence-electron chi connectivity index (χ0n) is 12.1. The Morgan fingerprint density at radius 1 is 1.13 bits per heavy atom. The van der Waals surface area contributed by atoms with E-state index in [2.05, 4.69) is 15.4 Å². The molecule has 0 aliphatic rings. The van der Waals surface area contributed by atoms with Crippen molar-refractivity contribution in [2.75, 3.05) is 5.32 Å². The van der Waals surface area contributed by atoms with Crippen molar-refractivity contribution in [1.82, 2.24) is 14.8 Å². The number of aromatic amines is 1. The summed E-state index contributed by atoms with van der Waals surface area (Å²) in [7, 11) is 0. The molecule has 2 aromatic carbocycles. The van der Waals surface area contributed by atoms with Crippen molar-refractivity contribution < 1.29 is 8.78 Å². The van der Waals surface area contributed by atoms with E-state index in [0.717, 1.165) is 4.68 Å². The molecule has 2 N–H and O–H groups in total. The third-order valence-electron chi connectivity index (χ3n) is 3.29. The Hall–Kier alpha value is -2.96. The van der Waals surface area contributed by atoms with E-state index in [1.165, 1.54) is 18.2 Å². The Balaban J connectivity index is 1.71. The van der Waals surface area contributed by atoms with Crippen LogP contribution in [0.4, 0.5) is 14.5 Å². The molecular formula is C16H14F2N4O. The van der Waals surface area contributed by atoms with E-state index in [9.17, 15) is 13.6 Å². The average molecular weight is 316 g/mol. The van der Waals surface area contributed by atoms with Gasteiger partial charge in [0.05, 0.1) is 13.1 Å². The molecule has 0 fully saturated rings. The minimum Gasteiger partial charge on any atom is -0.378 e. The van der Waals surface area contributed by atoms with Crippen molar-refractivity contribution in [1.29, 1.82) is 0 Å². The smallest absolute Gasteiger partial charge is 0.343 e. The van der Waals surface area contributed by atoms with Crippen molar-refractivity contribution in [3.05, 3.63) is 82.0 Å². The molecule has 1 aromatic heterocycles. The molecule has 7 heteroatoms.